The minimum Gasteiger partial charge on any atom is -0.339 e. The van der Waals surface area contributed by atoms with Crippen LogP contribution >= 0.6 is 0 Å². The number of aromatic nitrogens is 2. The largest absolute Gasteiger partial charge is 0.339 e. The van der Waals surface area contributed by atoms with Gasteiger partial charge in [0.2, 0.25) is 5.91 Å². The maximum Gasteiger partial charge on any atom is 0.282 e. The number of benzene rings is 1. The maximum absolute atomic E-state index is 13.8. The number of aryl methyl sites for hydroxylation is 1. The Morgan fingerprint density at radius 1 is 1.19 bits per heavy atom. The standard InChI is InChI=1S/C18H20F4N4O/c1-12-9-15(18(21)22)23-26(12)11-16(27)25-7-5-24(6-8-25)10-13-3-2-4-14(19)17(13)20/h2-4,9,18H,5-8,10-11H2,1H3. The van der Waals surface area contributed by atoms with Crippen molar-refractivity contribution in [1.29, 1.82) is 0 Å². The Hall–Kier alpha value is -2.42. The van der Waals surface area contributed by atoms with Crippen LogP contribution in [0, 0.1) is 18.6 Å². The number of hydrogen-bond acceptors (Lipinski definition) is 3. The molecule has 1 aromatic carbocycles. The summed E-state index contributed by atoms with van der Waals surface area (Å²) in [5.74, 6) is -1.93. The zero-order valence-electron chi connectivity index (χ0n) is 14.8. The number of amides is 1. The summed E-state index contributed by atoms with van der Waals surface area (Å²) in [5, 5.41) is 3.76. The highest BCUT2D eigenvalue weighted by molar-refractivity contribution is 5.76. The van der Waals surface area contributed by atoms with E-state index in [4.69, 9.17) is 0 Å². The van der Waals surface area contributed by atoms with Crippen molar-refractivity contribution < 1.29 is 22.4 Å². The molecule has 1 aromatic heterocycles. The molecule has 0 saturated carbocycles. The van der Waals surface area contributed by atoms with Crippen molar-refractivity contribution in [3.8, 4) is 0 Å². The third-order valence-electron chi connectivity index (χ3n) is 4.66. The van der Waals surface area contributed by atoms with Gasteiger partial charge in [-0.15, -0.1) is 0 Å². The molecule has 0 unspecified atom stereocenters. The predicted molar refractivity (Wildman–Crippen MR) is 90.1 cm³/mol. The summed E-state index contributed by atoms with van der Waals surface area (Å²) in [7, 11) is 0. The van der Waals surface area contributed by atoms with Crippen LogP contribution in [0.3, 0.4) is 0 Å². The van der Waals surface area contributed by atoms with Gasteiger partial charge in [-0.3, -0.25) is 14.4 Å². The third kappa shape index (κ3) is 4.47. The summed E-state index contributed by atoms with van der Waals surface area (Å²) in [6.07, 6.45) is -2.67. The first-order valence-corrected chi connectivity index (χ1v) is 8.60. The number of piperazine rings is 1. The summed E-state index contributed by atoms with van der Waals surface area (Å²) in [6.45, 7) is 3.68. The number of nitrogens with zero attached hydrogens (tertiary/aromatic N) is 4. The number of halogens is 4. The van der Waals surface area contributed by atoms with Gasteiger partial charge < -0.3 is 4.90 Å². The van der Waals surface area contributed by atoms with Gasteiger partial charge >= 0.3 is 0 Å². The summed E-state index contributed by atoms with van der Waals surface area (Å²) >= 11 is 0. The van der Waals surface area contributed by atoms with E-state index in [-0.39, 0.29) is 30.3 Å². The SMILES string of the molecule is Cc1cc(C(F)F)nn1CC(=O)N1CCN(Cc2cccc(F)c2F)CC1. The van der Waals surface area contributed by atoms with Crippen LogP contribution in [0.5, 0.6) is 0 Å². The van der Waals surface area contributed by atoms with E-state index in [9.17, 15) is 22.4 Å². The highest BCUT2D eigenvalue weighted by Gasteiger charge is 2.23. The fourth-order valence-electron chi connectivity index (χ4n) is 3.10. The second kappa shape index (κ2) is 8.08. The van der Waals surface area contributed by atoms with Gasteiger partial charge in [-0.25, -0.2) is 17.6 Å². The molecule has 0 atom stereocenters. The highest BCUT2D eigenvalue weighted by Crippen LogP contribution is 2.18. The fraction of sp³-hybridized carbons (Fsp3) is 0.444. The van der Waals surface area contributed by atoms with E-state index in [1.807, 2.05) is 4.90 Å². The molecule has 3 rings (SSSR count). The second-order valence-corrected chi connectivity index (χ2v) is 6.54. The van der Waals surface area contributed by atoms with Crippen LogP contribution in [0.2, 0.25) is 0 Å². The van der Waals surface area contributed by atoms with Gasteiger partial charge in [-0.1, -0.05) is 12.1 Å². The molecule has 9 heteroatoms. The topological polar surface area (TPSA) is 41.4 Å². The molecule has 2 heterocycles. The molecule has 1 fully saturated rings. The molecular weight excluding hydrogens is 364 g/mol. The van der Waals surface area contributed by atoms with Crippen molar-refractivity contribution in [2.45, 2.75) is 26.4 Å². The van der Waals surface area contributed by atoms with Crippen LogP contribution in [0.4, 0.5) is 17.6 Å². The molecule has 1 amide bonds. The lowest BCUT2D eigenvalue weighted by molar-refractivity contribution is -0.133. The minimum absolute atomic E-state index is 0.100. The zero-order valence-corrected chi connectivity index (χ0v) is 14.8. The molecule has 27 heavy (non-hydrogen) atoms. The molecule has 5 nitrogen and oxygen atoms in total. The molecule has 0 aliphatic carbocycles. The predicted octanol–water partition coefficient (Wildman–Crippen LogP) is 2.75. The quantitative estimate of drug-likeness (QED) is 0.745. The van der Waals surface area contributed by atoms with Crippen LogP contribution in [-0.2, 0) is 17.9 Å². The Morgan fingerprint density at radius 2 is 1.89 bits per heavy atom. The Bertz CT molecular complexity index is 816. The molecule has 0 bridgehead atoms. The normalized spacial score (nSPS) is 15.6. The average molecular weight is 384 g/mol. The van der Waals surface area contributed by atoms with Gasteiger partial charge in [0, 0.05) is 44.0 Å². The van der Waals surface area contributed by atoms with E-state index in [2.05, 4.69) is 5.10 Å². The molecule has 1 aliphatic heterocycles. The van der Waals surface area contributed by atoms with E-state index in [1.165, 1.54) is 22.9 Å². The zero-order chi connectivity index (χ0) is 19.6. The monoisotopic (exact) mass is 384 g/mol. The van der Waals surface area contributed by atoms with E-state index in [0.29, 0.717) is 31.9 Å². The Morgan fingerprint density at radius 3 is 2.52 bits per heavy atom. The van der Waals surface area contributed by atoms with Crippen molar-refractivity contribution in [2.24, 2.45) is 0 Å². The first-order valence-electron chi connectivity index (χ1n) is 8.60. The average Bonchev–Trinajstić information content (AvgIpc) is 3.00. The number of hydrogen-bond donors (Lipinski definition) is 0. The second-order valence-electron chi connectivity index (χ2n) is 6.54. The fourth-order valence-corrected chi connectivity index (χ4v) is 3.10. The highest BCUT2D eigenvalue weighted by atomic mass is 19.3. The Balaban J connectivity index is 1.54. The molecule has 0 N–H and O–H groups in total. The molecule has 146 valence electrons. The number of alkyl halides is 2. The van der Waals surface area contributed by atoms with Gasteiger partial charge in [0.1, 0.15) is 12.2 Å². The first-order chi connectivity index (χ1) is 12.8. The van der Waals surface area contributed by atoms with Crippen molar-refractivity contribution >= 4 is 5.91 Å². The Labute approximate surface area is 154 Å². The van der Waals surface area contributed by atoms with Gasteiger partial charge in [0.25, 0.3) is 6.43 Å². The van der Waals surface area contributed by atoms with Crippen LogP contribution in [0.25, 0.3) is 0 Å². The smallest absolute Gasteiger partial charge is 0.282 e. The molecule has 1 aliphatic rings. The van der Waals surface area contributed by atoms with Crippen molar-refractivity contribution in [3.05, 3.63) is 52.9 Å². The van der Waals surface area contributed by atoms with Crippen LogP contribution in [0.1, 0.15) is 23.4 Å². The first kappa shape index (κ1) is 19.3. The van der Waals surface area contributed by atoms with Crippen LogP contribution in [-0.4, -0.2) is 51.7 Å². The van der Waals surface area contributed by atoms with Crippen molar-refractivity contribution in [3.63, 3.8) is 0 Å². The molecular formula is C18H20F4N4O. The van der Waals surface area contributed by atoms with Gasteiger partial charge in [0.05, 0.1) is 0 Å². The van der Waals surface area contributed by atoms with E-state index >= 15 is 0 Å². The summed E-state index contributed by atoms with van der Waals surface area (Å²) in [4.78, 5) is 16.0. The summed E-state index contributed by atoms with van der Waals surface area (Å²) in [6, 6.07) is 5.35. The summed E-state index contributed by atoms with van der Waals surface area (Å²) in [5.41, 5.74) is 0.433. The van der Waals surface area contributed by atoms with Crippen LogP contribution < -0.4 is 0 Å². The van der Waals surface area contributed by atoms with Crippen molar-refractivity contribution in [1.82, 2.24) is 19.6 Å². The molecule has 1 saturated heterocycles. The number of rotatable bonds is 5. The maximum atomic E-state index is 13.8. The lowest BCUT2D eigenvalue weighted by Crippen LogP contribution is -2.49. The third-order valence-corrected chi connectivity index (χ3v) is 4.66. The molecule has 0 spiro atoms. The number of carbonyl (C=O) groups excluding carboxylic acids is 1. The van der Waals surface area contributed by atoms with E-state index in [1.54, 1.807) is 11.8 Å². The van der Waals surface area contributed by atoms with Crippen molar-refractivity contribution in [2.75, 3.05) is 26.2 Å². The summed E-state index contributed by atoms with van der Waals surface area (Å²) < 4.78 is 53.7. The molecule has 0 radical (unpaired) electrons. The lowest BCUT2D eigenvalue weighted by Gasteiger charge is -2.34. The van der Waals surface area contributed by atoms with Gasteiger partial charge in [-0.2, -0.15) is 5.10 Å². The van der Waals surface area contributed by atoms with Crippen LogP contribution in [0.15, 0.2) is 24.3 Å². The van der Waals surface area contributed by atoms with E-state index in [0.717, 1.165) is 6.07 Å². The minimum atomic E-state index is -2.67. The lowest BCUT2D eigenvalue weighted by atomic mass is 10.1. The molecule has 2 aromatic rings. The number of carbonyl (C=O) groups is 1. The van der Waals surface area contributed by atoms with E-state index < -0.39 is 18.1 Å². The Kier molecular flexibility index (Phi) is 5.79. The van der Waals surface area contributed by atoms with Gasteiger partial charge in [0.15, 0.2) is 11.6 Å². The van der Waals surface area contributed by atoms with Gasteiger partial charge in [-0.05, 0) is 19.1 Å².